The summed E-state index contributed by atoms with van der Waals surface area (Å²) in [5.74, 6) is -0.759. The van der Waals surface area contributed by atoms with E-state index in [9.17, 15) is 9.59 Å². The van der Waals surface area contributed by atoms with Gasteiger partial charge in [0.15, 0.2) is 18.1 Å². The Bertz CT molecular complexity index is 1040. The highest BCUT2D eigenvalue weighted by molar-refractivity contribution is 8.15. The van der Waals surface area contributed by atoms with Gasteiger partial charge < -0.3 is 13.6 Å². The number of thioether (sulfide) groups is 1. The van der Waals surface area contributed by atoms with E-state index in [4.69, 9.17) is 13.6 Å². The number of amides is 2. The van der Waals surface area contributed by atoms with E-state index >= 15 is 0 Å². The first-order chi connectivity index (χ1) is 17.2. The van der Waals surface area contributed by atoms with Crippen LogP contribution in [0.25, 0.3) is 0 Å². The van der Waals surface area contributed by atoms with Crippen LogP contribution in [0.15, 0.2) is 54.6 Å². The number of imide groups is 1. The van der Waals surface area contributed by atoms with Crippen molar-refractivity contribution in [3.63, 3.8) is 0 Å². The molecule has 0 aliphatic carbocycles. The van der Waals surface area contributed by atoms with E-state index in [0.29, 0.717) is 18.6 Å². The fraction of sp³-hybridized carbons (Fsp3) is 0.500. The summed E-state index contributed by atoms with van der Waals surface area (Å²) in [6.07, 6.45) is 0.934. The normalized spacial score (nSPS) is 19.7. The molecule has 1 heterocycles. The average molecular weight is 560 g/mol. The van der Waals surface area contributed by atoms with Crippen LogP contribution >= 0.6 is 11.8 Å². The lowest BCUT2D eigenvalue weighted by Crippen LogP contribution is -2.53. The third-order valence-electron chi connectivity index (χ3n) is 6.80. The zero-order valence-electron chi connectivity index (χ0n) is 23.3. The maximum Gasteiger partial charge on any atom is 0.311 e. The highest BCUT2D eigenvalue weighted by Gasteiger charge is 2.44. The molecule has 0 bridgehead atoms. The van der Waals surface area contributed by atoms with Crippen molar-refractivity contribution in [3.05, 3.63) is 65.7 Å². The van der Waals surface area contributed by atoms with Gasteiger partial charge in [0.05, 0.1) is 11.7 Å². The van der Waals surface area contributed by atoms with Crippen molar-refractivity contribution in [3.8, 4) is 5.75 Å². The molecule has 37 heavy (non-hydrogen) atoms. The van der Waals surface area contributed by atoms with E-state index in [-0.39, 0.29) is 26.5 Å². The highest BCUT2D eigenvalue weighted by Crippen LogP contribution is 2.37. The maximum absolute atomic E-state index is 12.0. The van der Waals surface area contributed by atoms with Gasteiger partial charge in [-0.15, -0.1) is 0 Å². The van der Waals surface area contributed by atoms with Crippen molar-refractivity contribution in [1.82, 2.24) is 5.32 Å². The standard InChI is InChI=1S/C28H41NO5SSi2/c1-26(2,3)36(7)33-28(34-37(8)27(4,5)6,32-22-12-10-9-11-13-22)19-21-16-14-20(15-17-21)18-23-24(30)29-25(31)35-23/h9-17,23,36-37H,18-19H2,1-8H3,(H,29,30,31). The van der Waals surface area contributed by atoms with Crippen LogP contribution in [0.3, 0.4) is 0 Å². The molecule has 6 nitrogen and oxygen atoms in total. The first-order valence-electron chi connectivity index (χ1n) is 12.9. The molecule has 1 aliphatic rings. The molecule has 2 aromatic rings. The quantitative estimate of drug-likeness (QED) is 0.276. The molecule has 9 heteroatoms. The van der Waals surface area contributed by atoms with Crippen molar-refractivity contribution < 1.29 is 23.2 Å². The molecule has 202 valence electrons. The van der Waals surface area contributed by atoms with Gasteiger partial charge in [-0.05, 0) is 52.9 Å². The molecule has 0 spiro atoms. The minimum absolute atomic E-state index is 0.0159. The number of hydrogen-bond donors (Lipinski definition) is 1. The summed E-state index contributed by atoms with van der Waals surface area (Å²) in [6, 6.07) is 17.8. The maximum atomic E-state index is 12.0. The lowest BCUT2D eigenvalue weighted by molar-refractivity contribution is -0.260. The van der Waals surface area contributed by atoms with Crippen LogP contribution < -0.4 is 10.1 Å². The van der Waals surface area contributed by atoms with Gasteiger partial charge in [0.2, 0.25) is 5.91 Å². The van der Waals surface area contributed by atoms with Crippen LogP contribution in [0.1, 0.15) is 52.7 Å². The van der Waals surface area contributed by atoms with E-state index in [2.05, 4.69) is 60.0 Å². The second kappa shape index (κ2) is 11.9. The third kappa shape index (κ3) is 8.54. The fourth-order valence-corrected chi connectivity index (χ4v) is 6.67. The highest BCUT2D eigenvalue weighted by atomic mass is 32.2. The van der Waals surface area contributed by atoms with Gasteiger partial charge in [-0.25, -0.2) is 0 Å². The predicted octanol–water partition coefficient (Wildman–Crippen LogP) is 6.20. The van der Waals surface area contributed by atoms with E-state index in [1.165, 1.54) is 0 Å². The van der Waals surface area contributed by atoms with E-state index in [0.717, 1.165) is 22.9 Å². The monoisotopic (exact) mass is 559 g/mol. The van der Waals surface area contributed by atoms with Crippen molar-refractivity contribution in [2.24, 2.45) is 0 Å². The Hall–Kier alpha value is -1.92. The minimum atomic E-state index is -1.76. The van der Waals surface area contributed by atoms with Gasteiger partial charge >= 0.3 is 5.97 Å². The zero-order valence-corrected chi connectivity index (χ0v) is 26.4. The largest absolute Gasteiger partial charge is 0.440 e. The summed E-state index contributed by atoms with van der Waals surface area (Å²) < 4.78 is 20.4. The molecule has 1 N–H and O–H groups in total. The van der Waals surface area contributed by atoms with Crippen molar-refractivity contribution in [2.45, 2.75) is 88.8 Å². The molecule has 1 fully saturated rings. The second-order valence-corrected chi connectivity index (χ2v) is 19.6. The number of carbonyl (C=O) groups excluding carboxylic acids is 2. The molecule has 0 saturated carbocycles. The molecular formula is C28H41NO5SSi2. The number of para-hydroxylation sites is 1. The van der Waals surface area contributed by atoms with Crippen LogP contribution in [0.4, 0.5) is 4.79 Å². The lowest BCUT2D eigenvalue weighted by atomic mass is 10.0. The van der Waals surface area contributed by atoms with Gasteiger partial charge in [0.25, 0.3) is 5.24 Å². The van der Waals surface area contributed by atoms with E-state index in [1.807, 2.05) is 54.6 Å². The second-order valence-electron chi connectivity index (χ2n) is 11.9. The van der Waals surface area contributed by atoms with Gasteiger partial charge in [-0.2, -0.15) is 0 Å². The zero-order chi connectivity index (χ0) is 27.4. The molecule has 2 amide bonds. The third-order valence-corrected chi connectivity index (χ3v) is 14.1. The summed E-state index contributed by atoms with van der Waals surface area (Å²) >= 11 is 1.05. The molecule has 0 radical (unpaired) electrons. The minimum Gasteiger partial charge on any atom is -0.440 e. The first-order valence-corrected chi connectivity index (χ1v) is 18.1. The SMILES string of the molecule is C[SiH](OC(Cc1ccc(CC2SC(=O)NC2=O)cc1)(Oc1ccccc1)O[SiH](C)C(C)(C)C)C(C)(C)C. The topological polar surface area (TPSA) is 73.9 Å². The van der Waals surface area contributed by atoms with Crippen molar-refractivity contribution in [2.75, 3.05) is 0 Å². The Morgan fingerprint density at radius 2 is 1.32 bits per heavy atom. The molecule has 3 atom stereocenters. The molecule has 1 aliphatic heterocycles. The Morgan fingerprint density at radius 1 is 0.811 bits per heavy atom. The fourth-order valence-electron chi connectivity index (χ4n) is 3.54. The van der Waals surface area contributed by atoms with Gasteiger partial charge in [0.1, 0.15) is 5.75 Å². The molecule has 1 saturated heterocycles. The van der Waals surface area contributed by atoms with Gasteiger partial charge in [0, 0.05) is 0 Å². The van der Waals surface area contributed by atoms with Crippen LogP contribution in [0, 0.1) is 0 Å². The van der Waals surface area contributed by atoms with Gasteiger partial charge in [-0.3, -0.25) is 14.9 Å². The number of nitrogens with one attached hydrogen (secondary N) is 1. The Morgan fingerprint density at radius 3 is 1.78 bits per heavy atom. The number of carbonyl (C=O) groups is 2. The molecule has 0 aromatic heterocycles. The first kappa shape index (κ1) is 29.6. The lowest BCUT2D eigenvalue weighted by Gasteiger charge is -2.43. The number of rotatable bonds is 10. The van der Waals surface area contributed by atoms with Crippen molar-refractivity contribution >= 4 is 41.0 Å². The van der Waals surface area contributed by atoms with Gasteiger partial charge in [-0.1, -0.05) is 95.8 Å². The Labute approximate surface area is 229 Å². The summed E-state index contributed by atoms with van der Waals surface area (Å²) in [6.45, 7) is 17.6. The smallest absolute Gasteiger partial charge is 0.311 e. The summed E-state index contributed by atoms with van der Waals surface area (Å²) in [7, 11) is -3.52. The summed E-state index contributed by atoms with van der Waals surface area (Å²) in [5.41, 5.74) is 2.02. The number of hydrogen-bond acceptors (Lipinski definition) is 6. The van der Waals surface area contributed by atoms with Crippen LogP contribution in [0.5, 0.6) is 5.75 Å². The van der Waals surface area contributed by atoms with Crippen LogP contribution in [-0.2, 0) is 26.5 Å². The van der Waals surface area contributed by atoms with E-state index < -0.39 is 24.1 Å². The van der Waals surface area contributed by atoms with Crippen LogP contribution in [-0.4, -0.2) is 40.5 Å². The molecule has 2 aromatic carbocycles. The predicted molar refractivity (Wildman–Crippen MR) is 156 cm³/mol. The Balaban J connectivity index is 1.93. The summed E-state index contributed by atoms with van der Waals surface area (Å²) in [4.78, 5) is 23.5. The Kier molecular flexibility index (Phi) is 9.50. The number of benzene rings is 2. The molecule has 3 unspecified atom stereocenters. The average Bonchev–Trinajstić information content (AvgIpc) is 3.10. The van der Waals surface area contributed by atoms with E-state index in [1.54, 1.807) is 0 Å². The number of ether oxygens (including phenoxy) is 1. The van der Waals surface area contributed by atoms with Crippen molar-refractivity contribution in [1.29, 1.82) is 0 Å². The molecular weight excluding hydrogens is 519 g/mol. The summed E-state index contributed by atoms with van der Waals surface area (Å²) in [5, 5.41) is 1.72. The van der Waals surface area contributed by atoms with Crippen LogP contribution in [0.2, 0.25) is 23.2 Å². The molecule has 3 rings (SSSR count).